The van der Waals surface area contributed by atoms with Crippen molar-refractivity contribution in [1.82, 2.24) is 4.57 Å². The average molecular weight is 444 g/mol. The van der Waals surface area contributed by atoms with Crippen LogP contribution in [0.15, 0.2) is 109 Å². The third kappa shape index (κ3) is 3.97. The highest BCUT2D eigenvalue weighted by Gasteiger charge is 2.30. The van der Waals surface area contributed by atoms with Crippen LogP contribution < -0.4 is 4.57 Å². The number of nitrogens with zero attached hydrogens (tertiary/aromatic N) is 2. The van der Waals surface area contributed by atoms with Gasteiger partial charge < -0.3 is 0 Å². The third-order valence-corrected chi connectivity index (χ3v) is 6.59. The van der Waals surface area contributed by atoms with Crippen LogP contribution in [0.3, 0.4) is 0 Å². The van der Waals surface area contributed by atoms with Gasteiger partial charge in [0.15, 0.2) is 11.4 Å². The first-order chi connectivity index (χ1) is 16.5. The Kier molecular flexibility index (Phi) is 5.90. The summed E-state index contributed by atoms with van der Waals surface area (Å²) in [5.41, 5.74) is 11.1. The summed E-state index contributed by atoms with van der Waals surface area (Å²) in [5, 5.41) is 0. The van der Waals surface area contributed by atoms with Crippen molar-refractivity contribution in [2.75, 3.05) is 0 Å². The molecule has 0 saturated heterocycles. The van der Waals surface area contributed by atoms with Crippen LogP contribution in [0.5, 0.6) is 0 Å². The van der Waals surface area contributed by atoms with Gasteiger partial charge in [-0.15, -0.1) is 0 Å². The Morgan fingerprint density at radius 3 is 1.91 bits per heavy atom. The Morgan fingerprint density at radius 2 is 1.26 bits per heavy atom. The van der Waals surface area contributed by atoms with Crippen LogP contribution in [-0.2, 0) is 0 Å². The van der Waals surface area contributed by atoms with Crippen molar-refractivity contribution in [3.05, 3.63) is 126 Å². The van der Waals surface area contributed by atoms with E-state index >= 15 is 0 Å². The van der Waals surface area contributed by atoms with Crippen LogP contribution in [0, 0.1) is 13.8 Å². The summed E-state index contributed by atoms with van der Waals surface area (Å²) in [7, 11) is 0. The first kappa shape index (κ1) is 21.9. The minimum atomic E-state index is 0.467. The number of aryl methyl sites for hydroxylation is 2. The van der Waals surface area contributed by atoms with Crippen LogP contribution >= 0.6 is 0 Å². The molecule has 0 bridgehead atoms. The maximum Gasteiger partial charge on any atom is 0.255 e. The summed E-state index contributed by atoms with van der Waals surface area (Å²) in [4.78, 5) is 0. The molecule has 0 saturated carbocycles. The second kappa shape index (κ2) is 9.15. The fourth-order valence-corrected chi connectivity index (χ4v) is 4.66. The summed E-state index contributed by atoms with van der Waals surface area (Å²) in [6.07, 6.45) is 2.25. The van der Waals surface area contributed by atoms with Gasteiger partial charge in [-0.3, -0.25) is 0 Å². The molecule has 4 aromatic carbocycles. The molecule has 1 heterocycles. The van der Waals surface area contributed by atoms with Gasteiger partial charge in [0, 0.05) is 11.1 Å². The average Bonchev–Trinajstić information content (AvgIpc) is 3.25. The third-order valence-electron chi connectivity index (χ3n) is 6.59. The number of aromatic nitrogens is 2. The molecule has 0 fully saturated rings. The van der Waals surface area contributed by atoms with Crippen LogP contribution in [0.1, 0.15) is 36.5 Å². The van der Waals surface area contributed by atoms with E-state index in [1.807, 2.05) is 0 Å². The quantitative estimate of drug-likeness (QED) is 0.245. The van der Waals surface area contributed by atoms with Gasteiger partial charge in [0.1, 0.15) is 11.4 Å². The van der Waals surface area contributed by atoms with Crippen LogP contribution in [0.25, 0.3) is 33.9 Å². The molecular weight excluding hydrogens is 412 g/mol. The lowest BCUT2D eigenvalue weighted by molar-refractivity contribution is -0.583. The highest BCUT2D eigenvalue weighted by molar-refractivity contribution is 5.81. The summed E-state index contributed by atoms with van der Waals surface area (Å²) >= 11 is 0. The molecule has 1 aromatic heterocycles. The second-order valence-electron chi connectivity index (χ2n) is 9.27. The molecule has 0 radical (unpaired) electrons. The summed E-state index contributed by atoms with van der Waals surface area (Å²) < 4.78 is 4.70. The molecule has 0 aliphatic heterocycles. The number of benzene rings is 4. The first-order valence-corrected chi connectivity index (χ1v) is 12.0. The molecule has 0 spiro atoms. The molecule has 34 heavy (non-hydrogen) atoms. The van der Waals surface area contributed by atoms with Crippen LogP contribution in [-0.4, -0.2) is 4.57 Å². The lowest BCUT2D eigenvalue weighted by atomic mass is 9.97. The zero-order valence-electron chi connectivity index (χ0n) is 20.4. The SMILES string of the molecule is Cc1ccccc1-c1c(-c2ccccc2C)[n+](-c2ccccc2)cn1-c1cccc(C(C)C)c1. The minimum Gasteiger partial charge on any atom is -0.194 e. The molecule has 0 aliphatic rings. The van der Waals surface area contributed by atoms with E-state index in [9.17, 15) is 0 Å². The van der Waals surface area contributed by atoms with Crippen molar-refractivity contribution in [2.24, 2.45) is 0 Å². The monoisotopic (exact) mass is 443 g/mol. The van der Waals surface area contributed by atoms with E-state index in [0.717, 1.165) is 5.69 Å². The number of para-hydroxylation sites is 1. The van der Waals surface area contributed by atoms with Gasteiger partial charge in [0.05, 0.1) is 0 Å². The maximum atomic E-state index is 2.36. The fourth-order valence-electron chi connectivity index (χ4n) is 4.66. The molecule has 2 heteroatoms. The van der Waals surface area contributed by atoms with E-state index in [1.54, 1.807) is 0 Å². The van der Waals surface area contributed by atoms with Crippen molar-refractivity contribution in [3.8, 4) is 33.9 Å². The van der Waals surface area contributed by atoms with Crippen molar-refractivity contribution in [3.63, 3.8) is 0 Å². The van der Waals surface area contributed by atoms with E-state index in [1.165, 1.54) is 44.9 Å². The predicted molar refractivity (Wildman–Crippen MR) is 142 cm³/mol. The molecule has 0 N–H and O–H groups in total. The smallest absolute Gasteiger partial charge is 0.194 e. The van der Waals surface area contributed by atoms with Gasteiger partial charge in [-0.2, -0.15) is 9.13 Å². The normalized spacial score (nSPS) is 11.2. The summed E-state index contributed by atoms with van der Waals surface area (Å²) in [6, 6.07) is 36.9. The van der Waals surface area contributed by atoms with Crippen molar-refractivity contribution >= 4 is 0 Å². The Hall–Kier alpha value is -3.91. The zero-order chi connectivity index (χ0) is 23.7. The van der Waals surface area contributed by atoms with E-state index in [4.69, 9.17) is 0 Å². The Balaban J connectivity index is 1.92. The largest absolute Gasteiger partial charge is 0.255 e. The lowest BCUT2D eigenvalue weighted by Gasteiger charge is -2.11. The molecule has 168 valence electrons. The van der Waals surface area contributed by atoms with Crippen LogP contribution in [0.4, 0.5) is 0 Å². The maximum absolute atomic E-state index is 2.36. The second-order valence-corrected chi connectivity index (χ2v) is 9.27. The standard InChI is InChI=1S/C32H31N2/c1-23(2)26-15-12-18-28(21-26)34-22-33(27-16-6-5-7-17-27)31(29-19-10-8-13-24(29)3)32(34)30-20-11-9-14-25(30)4/h5-23H,1-4H3/q+1. The first-order valence-electron chi connectivity index (χ1n) is 12.0. The minimum absolute atomic E-state index is 0.467. The molecule has 0 atom stereocenters. The van der Waals surface area contributed by atoms with Gasteiger partial charge >= 0.3 is 0 Å². The molecule has 5 aromatic rings. The molecule has 5 rings (SSSR count). The molecule has 0 unspecified atom stereocenters. The van der Waals surface area contributed by atoms with Crippen molar-refractivity contribution < 1.29 is 4.57 Å². The van der Waals surface area contributed by atoms with E-state index in [2.05, 4.69) is 146 Å². The summed E-state index contributed by atoms with van der Waals surface area (Å²) in [6.45, 7) is 8.90. The summed E-state index contributed by atoms with van der Waals surface area (Å²) in [5.74, 6) is 0.467. The van der Waals surface area contributed by atoms with Crippen LogP contribution in [0.2, 0.25) is 0 Å². The molecule has 2 nitrogen and oxygen atoms in total. The van der Waals surface area contributed by atoms with Gasteiger partial charge in [-0.1, -0.05) is 92.7 Å². The Bertz CT molecular complexity index is 1440. The number of rotatable bonds is 5. The molecular formula is C32H31N2+. The van der Waals surface area contributed by atoms with Crippen molar-refractivity contribution in [1.29, 1.82) is 0 Å². The topological polar surface area (TPSA) is 8.81 Å². The highest BCUT2D eigenvalue weighted by Crippen LogP contribution is 2.36. The van der Waals surface area contributed by atoms with Gasteiger partial charge in [0.2, 0.25) is 0 Å². The Labute approximate surface area is 202 Å². The van der Waals surface area contributed by atoms with Crippen molar-refractivity contribution in [2.45, 2.75) is 33.6 Å². The van der Waals surface area contributed by atoms with Gasteiger partial charge in [0.25, 0.3) is 6.33 Å². The van der Waals surface area contributed by atoms with Gasteiger partial charge in [-0.25, -0.2) is 0 Å². The van der Waals surface area contributed by atoms with Gasteiger partial charge in [-0.05, 0) is 60.7 Å². The highest BCUT2D eigenvalue weighted by atomic mass is 15.2. The fraction of sp³-hybridized carbons (Fsp3) is 0.156. The van der Waals surface area contributed by atoms with E-state index in [0.29, 0.717) is 5.92 Å². The molecule has 0 aliphatic carbocycles. The number of hydrogen-bond donors (Lipinski definition) is 0. The number of imidazole rings is 1. The van der Waals surface area contributed by atoms with E-state index < -0.39 is 0 Å². The molecule has 0 amide bonds. The predicted octanol–water partition coefficient (Wildman–Crippen LogP) is 7.83. The lowest BCUT2D eigenvalue weighted by Crippen LogP contribution is -2.31. The number of hydrogen-bond acceptors (Lipinski definition) is 0. The zero-order valence-corrected chi connectivity index (χ0v) is 20.4. The Morgan fingerprint density at radius 1 is 0.647 bits per heavy atom. The van der Waals surface area contributed by atoms with E-state index in [-0.39, 0.29) is 0 Å².